The van der Waals surface area contributed by atoms with Crippen LogP contribution in [-0.2, 0) is 9.47 Å². The van der Waals surface area contributed by atoms with E-state index in [1.807, 2.05) is 24.4 Å². The number of carbonyl (C=O) groups excluding carboxylic acids is 1. The first kappa shape index (κ1) is 21.2. The smallest absolute Gasteiger partial charge is 0.251 e. The van der Waals surface area contributed by atoms with E-state index >= 15 is 0 Å². The summed E-state index contributed by atoms with van der Waals surface area (Å²) in [4.78, 5) is 31.4. The number of benzene rings is 1. The van der Waals surface area contributed by atoms with Gasteiger partial charge in [0.2, 0.25) is 5.95 Å². The Balaban J connectivity index is 1.46. The van der Waals surface area contributed by atoms with Crippen LogP contribution in [0.15, 0.2) is 36.5 Å². The standard InChI is InChI=1S/C25H28N6O3/c1-26-24(32)17-4-2-3-16(11-17)21-12-22(30-7-9-33-10-8-30)20-13-27-25(29-23(20)28-21)31-14-19-6-5-18(31)15-34-19/h2-4,11-13,18-19H,5-10,14-15H2,1H3,(H,26,32). The van der Waals surface area contributed by atoms with E-state index in [2.05, 4.69) is 21.2 Å². The Kier molecular flexibility index (Phi) is 5.50. The van der Waals surface area contributed by atoms with E-state index in [0.29, 0.717) is 36.4 Å². The molecule has 4 fully saturated rings. The van der Waals surface area contributed by atoms with Gasteiger partial charge in [0.1, 0.15) is 0 Å². The topological polar surface area (TPSA) is 92.7 Å². The highest BCUT2D eigenvalue weighted by Crippen LogP contribution is 2.34. The molecule has 0 saturated carbocycles. The number of nitrogens with zero attached hydrogens (tertiary/aromatic N) is 5. The molecule has 9 nitrogen and oxygen atoms in total. The molecule has 1 aromatic carbocycles. The van der Waals surface area contributed by atoms with Crippen LogP contribution in [0.2, 0.25) is 0 Å². The van der Waals surface area contributed by atoms with Crippen molar-refractivity contribution < 1.29 is 14.3 Å². The highest BCUT2D eigenvalue weighted by Gasteiger charge is 2.36. The molecule has 3 aromatic rings. The average Bonchev–Trinajstić information content (AvgIpc) is 2.92. The second-order valence-electron chi connectivity index (χ2n) is 9.03. The number of anilines is 2. The van der Waals surface area contributed by atoms with Crippen LogP contribution in [0.1, 0.15) is 23.2 Å². The highest BCUT2D eigenvalue weighted by molar-refractivity contribution is 5.96. The van der Waals surface area contributed by atoms with Crippen LogP contribution < -0.4 is 15.1 Å². The summed E-state index contributed by atoms with van der Waals surface area (Å²) in [5, 5.41) is 3.62. The van der Waals surface area contributed by atoms with Crippen molar-refractivity contribution in [2.24, 2.45) is 0 Å². The number of morpholine rings is 2. The number of hydrogen-bond acceptors (Lipinski definition) is 8. The van der Waals surface area contributed by atoms with Crippen LogP contribution in [0.4, 0.5) is 11.6 Å². The largest absolute Gasteiger partial charge is 0.378 e. The Hall–Kier alpha value is -3.30. The van der Waals surface area contributed by atoms with Gasteiger partial charge in [-0.05, 0) is 31.0 Å². The van der Waals surface area contributed by atoms with Crippen molar-refractivity contribution in [2.75, 3.05) is 56.3 Å². The van der Waals surface area contributed by atoms with E-state index in [-0.39, 0.29) is 12.0 Å². The minimum atomic E-state index is -0.122. The molecule has 176 valence electrons. The molecule has 0 aliphatic carbocycles. The summed E-state index contributed by atoms with van der Waals surface area (Å²) in [5.41, 5.74) is 3.97. The maximum Gasteiger partial charge on any atom is 0.251 e. The SMILES string of the molecule is CNC(=O)c1cccc(-c2cc(N3CCOCC3)c3cnc(N4CC5CCC4CO5)nc3n2)c1. The van der Waals surface area contributed by atoms with Gasteiger partial charge in [-0.15, -0.1) is 0 Å². The second-order valence-corrected chi connectivity index (χ2v) is 9.03. The molecule has 2 unspecified atom stereocenters. The predicted octanol–water partition coefficient (Wildman–Crippen LogP) is 2.26. The third-order valence-electron chi connectivity index (χ3n) is 6.98. The minimum absolute atomic E-state index is 0.122. The number of piperidine rings is 1. The summed E-state index contributed by atoms with van der Waals surface area (Å²) in [6.07, 6.45) is 4.36. The van der Waals surface area contributed by atoms with E-state index in [1.54, 1.807) is 13.1 Å². The number of fused-ring (bicyclic) bond motifs is 4. The third kappa shape index (κ3) is 3.84. The average molecular weight is 461 g/mol. The molecule has 4 aliphatic rings. The summed E-state index contributed by atoms with van der Waals surface area (Å²) in [6, 6.07) is 9.94. The van der Waals surface area contributed by atoms with E-state index in [4.69, 9.17) is 24.4 Å². The first-order chi connectivity index (χ1) is 16.7. The zero-order valence-corrected chi connectivity index (χ0v) is 19.2. The number of carbonyl (C=O) groups is 1. The van der Waals surface area contributed by atoms with Crippen molar-refractivity contribution in [1.82, 2.24) is 20.3 Å². The fourth-order valence-electron chi connectivity index (χ4n) is 5.09. The number of ether oxygens (including phenoxy) is 2. The lowest BCUT2D eigenvalue weighted by Gasteiger charge is -2.45. The van der Waals surface area contributed by atoms with Crippen molar-refractivity contribution >= 4 is 28.6 Å². The molecule has 7 rings (SSSR count). The highest BCUT2D eigenvalue weighted by atomic mass is 16.5. The Labute approximate surface area is 198 Å². The van der Waals surface area contributed by atoms with Gasteiger partial charge in [-0.25, -0.2) is 9.97 Å². The van der Waals surface area contributed by atoms with Crippen molar-refractivity contribution in [1.29, 1.82) is 0 Å². The van der Waals surface area contributed by atoms with Crippen LogP contribution in [-0.4, -0.2) is 79.5 Å². The quantitative estimate of drug-likeness (QED) is 0.634. The van der Waals surface area contributed by atoms with Crippen LogP contribution in [0.3, 0.4) is 0 Å². The Morgan fingerprint density at radius 3 is 2.76 bits per heavy atom. The van der Waals surface area contributed by atoms with Gasteiger partial charge in [0, 0.05) is 44.0 Å². The lowest BCUT2D eigenvalue weighted by molar-refractivity contribution is -0.0232. The van der Waals surface area contributed by atoms with Crippen LogP contribution in [0, 0.1) is 0 Å². The zero-order chi connectivity index (χ0) is 23.1. The summed E-state index contributed by atoms with van der Waals surface area (Å²) in [7, 11) is 1.64. The van der Waals surface area contributed by atoms with Crippen molar-refractivity contribution in [2.45, 2.75) is 25.0 Å². The van der Waals surface area contributed by atoms with E-state index in [9.17, 15) is 4.79 Å². The maximum atomic E-state index is 12.2. The van der Waals surface area contributed by atoms with Gasteiger partial charge < -0.3 is 24.6 Å². The normalized spacial score (nSPS) is 22.3. The number of pyridine rings is 1. The van der Waals surface area contributed by atoms with Gasteiger partial charge in [0.25, 0.3) is 5.91 Å². The molecule has 34 heavy (non-hydrogen) atoms. The number of amides is 1. The minimum Gasteiger partial charge on any atom is -0.378 e. The summed E-state index contributed by atoms with van der Waals surface area (Å²) >= 11 is 0. The fourth-order valence-corrected chi connectivity index (χ4v) is 5.09. The molecule has 6 heterocycles. The second kappa shape index (κ2) is 8.81. The van der Waals surface area contributed by atoms with Crippen LogP contribution in [0.25, 0.3) is 22.3 Å². The molecule has 2 atom stereocenters. The van der Waals surface area contributed by atoms with Crippen molar-refractivity contribution in [3.63, 3.8) is 0 Å². The van der Waals surface area contributed by atoms with E-state index in [1.165, 1.54) is 0 Å². The predicted molar refractivity (Wildman–Crippen MR) is 129 cm³/mol. The lowest BCUT2D eigenvalue weighted by Crippen LogP contribution is -2.55. The molecule has 4 aliphatic heterocycles. The van der Waals surface area contributed by atoms with E-state index in [0.717, 1.165) is 61.4 Å². The molecule has 1 amide bonds. The molecular weight excluding hydrogens is 432 g/mol. The summed E-state index contributed by atoms with van der Waals surface area (Å²) < 4.78 is 11.4. The van der Waals surface area contributed by atoms with Gasteiger partial charge in [0.15, 0.2) is 5.65 Å². The number of hydrogen-bond donors (Lipinski definition) is 1. The molecule has 2 aromatic heterocycles. The number of nitrogens with one attached hydrogen (secondary N) is 1. The molecule has 2 bridgehead atoms. The molecule has 9 heteroatoms. The lowest BCUT2D eigenvalue weighted by atomic mass is 9.97. The van der Waals surface area contributed by atoms with Crippen molar-refractivity contribution in [3.05, 3.63) is 42.1 Å². The van der Waals surface area contributed by atoms with Gasteiger partial charge in [-0.2, -0.15) is 4.98 Å². The molecule has 0 radical (unpaired) electrons. The Morgan fingerprint density at radius 2 is 2.03 bits per heavy atom. The molecule has 0 spiro atoms. The molecule has 4 saturated heterocycles. The van der Waals surface area contributed by atoms with Gasteiger partial charge in [0.05, 0.1) is 48.7 Å². The van der Waals surface area contributed by atoms with Crippen LogP contribution in [0.5, 0.6) is 0 Å². The zero-order valence-electron chi connectivity index (χ0n) is 19.2. The monoisotopic (exact) mass is 460 g/mol. The Bertz CT molecular complexity index is 1220. The third-order valence-corrected chi connectivity index (χ3v) is 6.98. The maximum absolute atomic E-state index is 12.2. The van der Waals surface area contributed by atoms with Gasteiger partial charge >= 0.3 is 0 Å². The van der Waals surface area contributed by atoms with Crippen molar-refractivity contribution in [3.8, 4) is 11.3 Å². The molecular formula is C25H28N6O3. The van der Waals surface area contributed by atoms with Crippen LogP contribution >= 0.6 is 0 Å². The van der Waals surface area contributed by atoms with E-state index < -0.39 is 0 Å². The molecule has 1 N–H and O–H groups in total. The summed E-state index contributed by atoms with van der Waals surface area (Å²) in [5.74, 6) is 0.588. The van der Waals surface area contributed by atoms with Gasteiger partial charge in [-0.3, -0.25) is 4.79 Å². The Morgan fingerprint density at radius 1 is 1.15 bits per heavy atom. The van der Waals surface area contributed by atoms with Gasteiger partial charge in [-0.1, -0.05) is 12.1 Å². The number of rotatable bonds is 4. The summed E-state index contributed by atoms with van der Waals surface area (Å²) in [6.45, 7) is 4.50. The first-order valence-corrected chi connectivity index (χ1v) is 11.9. The first-order valence-electron chi connectivity index (χ1n) is 11.9. The number of aromatic nitrogens is 3. The fraction of sp³-hybridized carbons (Fsp3) is 0.440.